The minimum atomic E-state index is 0.623. The number of para-hydroxylation sites is 1. The average Bonchev–Trinajstić information content (AvgIpc) is 2.92. The van der Waals surface area contributed by atoms with Gasteiger partial charge in [-0.05, 0) is 0 Å². The zero-order valence-electron chi connectivity index (χ0n) is 10.6. The molecule has 0 spiro atoms. The van der Waals surface area contributed by atoms with Crippen LogP contribution in [0, 0.1) is 13.8 Å². The molecule has 3 aromatic rings. The Morgan fingerprint density at radius 3 is 2.44 bits per heavy atom. The van der Waals surface area contributed by atoms with Crippen LogP contribution in [0.4, 0.5) is 0 Å². The van der Waals surface area contributed by atoms with Gasteiger partial charge >= 0.3 is 122 Å². The summed E-state index contributed by atoms with van der Waals surface area (Å²) >= 11 is 4.58. The molecule has 0 aliphatic rings. The second-order valence-corrected chi connectivity index (χ2v) is 9.34. The SMILES string of the molecule is C[Se]c1sc2c(C)n(-c3ccccc3)c(C)c2[s+]1. The first kappa shape index (κ1) is 12.4. The Morgan fingerprint density at radius 1 is 1.11 bits per heavy atom. The number of benzene rings is 1. The summed E-state index contributed by atoms with van der Waals surface area (Å²) in [6.45, 7) is 4.47. The molecule has 0 aliphatic heterocycles. The maximum atomic E-state index is 2.38. The van der Waals surface area contributed by atoms with Crippen molar-refractivity contribution in [3.05, 3.63) is 41.7 Å². The molecule has 0 bridgehead atoms. The Bertz CT molecular complexity index is 660. The van der Waals surface area contributed by atoms with Gasteiger partial charge in [-0.2, -0.15) is 0 Å². The summed E-state index contributed by atoms with van der Waals surface area (Å²) in [6, 6.07) is 10.6. The van der Waals surface area contributed by atoms with Gasteiger partial charge in [0, 0.05) is 0 Å². The van der Waals surface area contributed by atoms with Crippen molar-refractivity contribution in [2.45, 2.75) is 19.7 Å². The Labute approximate surface area is 121 Å². The van der Waals surface area contributed by atoms with Crippen LogP contribution in [-0.4, -0.2) is 19.5 Å². The van der Waals surface area contributed by atoms with E-state index in [1.165, 1.54) is 26.5 Å². The molecule has 2 aromatic heterocycles. The summed E-state index contributed by atoms with van der Waals surface area (Å²) in [4.78, 5) is 0. The fourth-order valence-corrected chi connectivity index (χ4v) is 6.73. The molecule has 0 N–H and O–H groups in total. The van der Waals surface area contributed by atoms with Crippen molar-refractivity contribution in [1.29, 1.82) is 0 Å². The van der Waals surface area contributed by atoms with Gasteiger partial charge in [0.1, 0.15) is 0 Å². The van der Waals surface area contributed by atoms with Gasteiger partial charge in [0.25, 0.3) is 0 Å². The first-order chi connectivity index (χ1) is 8.72. The second-order valence-electron chi connectivity index (χ2n) is 4.16. The first-order valence-electron chi connectivity index (χ1n) is 5.76. The van der Waals surface area contributed by atoms with E-state index in [-0.39, 0.29) is 0 Å². The molecule has 1 aromatic carbocycles. The zero-order valence-corrected chi connectivity index (χ0v) is 13.9. The van der Waals surface area contributed by atoms with Gasteiger partial charge in [-0.3, -0.25) is 0 Å². The van der Waals surface area contributed by atoms with Crippen LogP contribution in [0.15, 0.2) is 30.3 Å². The van der Waals surface area contributed by atoms with E-state index in [0.29, 0.717) is 15.0 Å². The molecule has 0 unspecified atom stereocenters. The van der Waals surface area contributed by atoms with Crippen LogP contribution in [-0.2, 0) is 0 Å². The predicted molar refractivity (Wildman–Crippen MR) is 84.2 cm³/mol. The maximum absolute atomic E-state index is 2.38. The van der Waals surface area contributed by atoms with Crippen molar-refractivity contribution in [1.82, 2.24) is 4.57 Å². The van der Waals surface area contributed by atoms with E-state index in [4.69, 9.17) is 0 Å². The predicted octanol–water partition coefficient (Wildman–Crippen LogP) is 4.03. The number of hydrogen-bond acceptors (Lipinski definition) is 1. The first-order valence-corrected chi connectivity index (χ1v) is 9.96. The number of nitrogens with zero attached hydrogens (tertiary/aromatic N) is 1. The van der Waals surface area contributed by atoms with Crippen LogP contribution in [0.2, 0.25) is 5.82 Å². The number of aryl methyl sites for hydroxylation is 2. The van der Waals surface area contributed by atoms with Gasteiger partial charge in [0.15, 0.2) is 0 Å². The third-order valence-corrected chi connectivity index (χ3v) is 8.94. The quantitative estimate of drug-likeness (QED) is 0.491. The van der Waals surface area contributed by atoms with E-state index >= 15 is 0 Å². The molecule has 0 saturated carbocycles. The van der Waals surface area contributed by atoms with Crippen LogP contribution in [0.5, 0.6) is 0 Å². The van der Waals surface area contributed by atoms with Gasteiger partial charge in [-0.25, -0.2) is 0 Å². The molecule has 0 amide bonds. The fourth-order valence-electron chi connectivity index (χ4n) is 2.26. The summed E-state index contributed by atoms with van der Waals surface area (Å²) in [6.07, 6.45) is 0. The van der Waals surface area contributed by atoms with Crippen molar-refractivity contribution in [3.8, 4) is 5.69 Å². The molecule has 4 heteroatoms. The number of fused-ring (bicyclic) bond motifs is 1. The van der Waals surface area contributed by atoms with E-state index < -0.39 is 0 Å². The molecule has 0 radical (unpaired) electrons. The third kappa shape index (κ3) is 1.84. The van der Waals surface area contributed by atoms with Gasteiger partial charge in [0.05, 0.1) is 0 Å². The molecular weight excluding hydrogens is 325 g/mol. The Kier molecular flexibility index (Phi) is 3.29. The number of hydrogen-bond donors (Lipinski definition) is 0. The number of aromatic nitrogens is 1. The molecule has 0 fully saturated rings. The molecule has 0 atom stereocenters. The molecule has 1 nitrogen and oxygen atoms in total. The van der Waals surface area contributed by atoms with E-state index in [1.54, 1.807) is 3.09 Å². The molecule has 2 heterocycles. The molecule has 92 valence electrons. The van der Waals surface area contributed by atoms with Crippen molar-refractivity contribution >= 4 is 50.1 Å². The molecule has 18 heavy (non-hydrogen) atoms. The van der Waals surface area contributed by atoms with E-state index in [9.17, 15) is 0 Å². The third-order valence-electron chi connectivity index (χ3n) is 3.09. The van der Waals surface area contributed by atoms with Gasteiger partial charge in [-0.15, -0.1) is 0 Å². The fraction of sp³-hybridized carbons (Fsp3) is 0.214. The van der Waals surface area contributed by atoms with E-state index in [1.807, 2.05) is 22.7 Å². The van der Waals surface area contributed by atoms with Gasteiger partial charge in [0.2, 0.25) is 0 Å². The van der Waals surface area contributed by atoms with Crippen LogP contribution in [0.1, 0.15) is 11.4 Å². The Balaban J connectivity index is 2.28. The topological polar surface area (TPSA) is 4.93 Å². The van der Waals surface area contributed by atoms with Gasteiger partial charge in [-0.1, -0.05) is 0 Å². The normalized spacial score (nSPS) is 11.3. The van der Waals surface area contributed by atoms with Crippen molar-refractivity contribution in [2.75, 3.05) is 0 Å². The Hall–Kier alpha value is -0.671. The van der Waals surface area contributed by atoms with Crippen molar-refractivity contribution in [3.63, 3.8) is 0 Å². The zero-order chi connectivity index (χ0) is 12.7. The van der Waals surface area contributed by atoms with Crippen LogP contribution < -0.4 is 3.09 Å². The summed E-state index contributed by atoms with van der Waals surface area (Å²) in [7, 11) is 0. The van der Waals surface area contributed by atoms with Crippen molar-refractivity contribution in [2.24, 2.45) is 0 Å². The molecule has 0 aliphatic carbocycles. The monoisotopic (exact) mass is 340 g/mol. The van der Waals surface area contributed by atoms with E-state index in [0.717, 1.165) is 0 Å². The summed E-state index contributed by atoms with van der Waals surface area (Å²) in [5.41, 5.74) is 4.03. The summed E-state index contributed by atoms with van der Waals surface area (Å²) in [5, 5.41) is 0. The molecular formula is C14H14NS2Se+. The van der Waals surface area contributed by atoms with Crippen LogP contribution in [0.3, 0.4) is 0 Å². The summed E-state index contributed by atoms with van der Waals surface area (Å²) < 4.78 is 6.91. The van der Waals surface area contributed by atoms with Crippen LogP contribution >= 0.6 is 22.7 Å². The minimum absolute atomic E-state index is 0.623. The van der Waals surface area contributed by atoms with Crippen LogP contribution in [0.25, 0.3) is 15.1 Å². The summed E-state index contributed by atoms with van der Waals surface area (Å²) in [5.74, 6) is 2.30. The van der Waals surface area contributed by atoms with Crippen molar-refractivity contribution < 1.29 is 0 Å². The molecule has 0 saturated heterocycles. The standard InChI is InChI=1S/C14H14NS2Se/c1-9-12-13(17-14(16-12)18-3)10(2)15(9)11-7-5-4-6-8-11/h4-8H,1-3H3/q+1. The van der Waals surface area contributed by atoms with E-state index in [2.05, 4.69) is 54.6 Å². The average molecular weight is 339 g/mol. The second kappa shape index (κ2) is 4.78. The number of rotatable bonds is 2. The van der Waals surface area contributed by atoms with Gasteiger partial charge < -0.3 is 0 Å². The molecule has 3 rings (SSSR count). The Morgan fingerprint density at radius 2 is 1.83 bits per heavy atom.